The number of alkyl halides is 3. The van der Waals surface area contributed by atoms with Gasteiger partial charge in [-0.05, 0) is 24.1 Å². The maximum absolute atomic E-state index is 12.7. The molecule has 0 unspecified atom stereocenters. The number of halogens is 4. The van der Waals surface area contributed by atoms with Crippen LogP contribution in [0.3, 0.4) is 0 Å². The molecule has 0 aliphatic rings. The summed E-state index contributed by atoms with van der Waals surface area (Å²) in [5, 5.41) is 6.36. The smallest absolute Gasteiger partial charge is 0.357 e. The predicted octanol–water partition coefficient (Wildman–Crippen LogP) is 3.54. The molecule has 4 nitrogen and oxygen atoms in total. The Bertz CT molecular complexity index is 622. The highest BCUT2D eigenvalue weighted by molar-refractivity contribution is 6.32. The Morgan fingerprint density at radius 3 is 2.55 bits per heavy atom. The summed E-state index contributed by atoms with van der Waals surface area (Å²) in [6, 6.07) is 5.11. The van der Waals surface area contributed by atoms with Gasteiger partial charge in [0.05, 0.1) is 10.7 Å². The molecule has 0 aliphatic carbocycles. The molecule has 8 heteroatoms. The van der Waals surface area contributed by atoms with Crippen molar-refractivity contribution in [1.29, 1.82) is 0 Å². The number of rotatable bonds is 3. The standard InChI is InChI=1S/C12H12ClF3N4/c1-3-7-4-5-9(8(13)6-7)20-11(17-2)18-10(19-20)12(14,15)16/h4-6H,3H2,1-2H3,(H,17,18,19). The first-order chi connectivity index (χ1) is 9.36. The van der Waals surface area contributed by atoms with Gasteiger partial charge in [0, 0.05) is 7.05 Å². The molecule has 0 radical (unpaired) electrons. The zero-order valence-electron chi connectivity index (χ0n) is 10.8. The van der Waals surface area contributed by atoms with E-state index in [0.29, 0.717) is 10.7 Å². The van der Waals surface area contributed by atoms with Crippen LogP contribution in [0.1, 0.15) is 18.3 Å². The third kappa shape index (κ3) is 2.72. The molecule has 0 aliphatic heterocycles. The van der Waals surface area contributed by atoms with Gasteiger partial charge in [-0.1, -0.05) is 24.6 Å². The van der Waals surface area contributed by atoms with E-state index in [0.717, 1.165) is 16.7 Å². The molecule has 1 aromatic heterocycles. The largest absolute Gasteiger partial charge is 0.453 e. The molecule has 1 N–H and O–H groups in total. The number of nitrogens with one attached hydrogen (secondary N) is 1. The zero-order chi connectivity index (χ0) is 14.9. The van der Waals surface area contributed by atoms with Crippen LogP contribution in [0.2, 0.25) is 5.02 Å². The van der Waals surface area contributed by atoms with Crippen LogP contribution in [0, 0.1) is 0 Å². The van der Waals surface area contributed by atoms with Gasteiger partial charge < -0.3 is 5.32 Å². The Kier molecular flexibility index (Phi) is 3.89. The van der Waals surface area contributed by atoms with Crippen LogP contribution in [-0.4, -0.2) is 21.8 Å². The Balaban J connectivity index is 2.54. The monoisotopic (exact) mass is 304 g/mol. The molecule has 108 valence electrons. The second-order valence-electron chi connectivity index (χ2n) is 4.06. The van der Waals surface area contributed by atoms with Gasteiger partial charge in [0.2, 0.25) is 5.95 Å². The van der Waals surface area contributed by atoms with Crippen LogP contribution in [0.5, 0.6) is 0 Å². The molecular weight excluding hydrogens is 293 g/mol. The van der Waals surface area contributed by atoms with Gasteiger partial charge >= 0.3 is 6.18 Å². The van der Waals surface area contributed by atoms with Crippen LogP contribution in [0.15, 0.2) is 18.2 Å². The Morgan fingerprint density at radius 1 is 1.35 bits per heavy atom. The SMILES string of the molecule is CCc1ccc(-n2nc(C(F)(F)F)nc2NC)c(Cl)c1. The van der Waals surface area contributed by atoms with Crippen molar-refractivity contribution in [3.8, 4) is 5.69 Å². The lowest BCUT2D eigenvalue weighted by Gasteiger charge is -2.08. The van der Waals surface area contributed by atoms with Gasteiger partial charge in [0.25, 0.3) is 5.82 Å². The van der Waals surface area contributed by atoms with Crippen molar-refractivity contribution >= 4 is 17.5 Å². The summed E-state index contributed by atoms with van der Waals surface area (Å²) in [4.78, 5) is 3.42. The van der Waals surface area contributed by atoms with Crippen molar-refractivity contribution in [2.24, 2.45) is 0 Å². The second kappa shape index (κ2) is 5.32. The van der Waals surface area contributed by atoms with E-state index in [1.807, 2.05) is 6.92 Å². The van der Waals surface area contributed by atoms with Crippen molar-refractivity contribution in [2.45, 2.75) is 19.5 Å². The summed E-state index contributed by atoms with van der Waals surface area (Å²) in [6.45, 7) is 1.96. The van der Waals surface area contributed by atoms with E-state index in [2.05, 4.69) is 15.4 Å². The molecule has 1 aromatic carbocycles. The fourth-order valence-electron chi connectivity index (χ4n) is 1.70. The van der Waals surface area contributed by atoms with E-state index < -0.39 is 12.0 Å². The highest BCUT2D eigenvalue weighted by atomic mass is 35.5. The summed E-state index contributed by atoms with van der Waals surface area (Å²) >= 11 is 6.10. The minimum atomic E-state index is -4.60. The van der Waals surface area contributed by atoms with E-state index in [9.17, 15) is 13.2 Å². The fraction of sp³-hybridized carbons (Fsp3) is 0.333. The van der Waals surface area contributed by atoms with E-state index in [1.165, 1.54) is 7.05 Å². The van der Waals surface area contributed by atoms with Crippen LogP contribution in [0.4, 0.5) is 19.1 Å². The van der Waals surface area contributed by atoms with Crippen molar-refractivity contribution in [3.05, 3.63) is 34.6 Å². The number of aromatic nitrogens is 3. The average molecular weight is 305 g/mol. The maximum Gasteiger partial charge on any atom is 0.453 e. The summed E-state index contributed by atoms with van der Waals surface area (Å²) in [6.07, 6.45) is -3.82. The lowest BCUT2D eigenvalue weighted by atomic mass is 10.1. The van der Waals surface area contributed by atoms with Crippen LogP contribution in [0.25, 0.3) is 5.69 Å². The number of hydrogen-bond acceptors (Lipinski definition) is 3. The summed E-state index contributed by atoms with van der Waals surface area (Å²) in [5.74, 6) is -1.24. The predicted molar refractivity (Wildman–Crippen MR) is 70.3 cm³/mol. The minimum absolute atomic E-state index is 0.0246. The van der Waals surface area contributed by atoms with Gasteiger partial charge in [0.15, 0.2) is 0 Å². The second-order valence-corrected chi connectivity index (χ2v) is 4.47. The first kappa shape index (κ1) is 14.6. The average Bonchev–Trinajstić information content (AvgIpc) is 2.82. The van der Waals surface area contributed by atoms with Gasteiger partial charge in [-0.2, -0.15) is 22.8 Å². The van der Waals surface area contributed by atoms with Gasteiger partial charge in [-0.25, -0.2) is 0 Å². The van der Waals surface area contributed by atoms with E-state index in [4.69, 9.17) is 11.6 Å². The van der Waals surface area contributed by atoms with Gasteiger partial charge in [-0.15, -0.1) is 5.10 Å². The Hall–Kier alpha value is -1.76. The Morgan fingerprint density at radius 2 is 2.05 bits per heavy atom. The van der Waals surface area contributed by atoms with E-state index in [-0.39, 0.29) is 5.95 Å². The lowest BCUT2D eigenvalue weighted by Crippen LogP contribution is -2.08. The highest BCUT2D eigenvalue weighted by Crippen LogP contribution is 2.30. The normalized spacial score (nSPS) is 11.7. The van der Waals surface area contributed by atoms with Crippen molar-refractivity contribution in [1.82, 2.24) is 14.8 Å². The van der Waals surface area contributed by atoms with Crippen LogP contribution >= 0.6 is 11.6 Å². The molecule has 20 heavy (non-hydrogen) atoms. The molecule has 0 bridgehead atoms. The zero-order valence-corrected chi connectivity index (χ0v) is 11.5. The molecule has 2 aromatic rings. The Labute approximate surface area is 118 Å². The van der Waals surface area contributed by atoms with E-state index in [1.54, 1.807) is 18.2 Å². The number of hydrogen-bond donors (Lipinski definition) is 1. The number of aryl methyl sites for hydroxylation is 1. The first-order valence-corrected chi connectivity index (χ1v) is 6.25. The topological polar surface area (TPSA) is 42.7 Å². The summed E-state index contributed by atoms with van der Waals surface area (Å²) < 4.78 is 39.0. The summed E-state index contributed by atoms with van der Waals surface area (Å²) in [7, 11) is 1.47. The molecule has 2 rings (SSSR count). The lowest BCUT2D eigenvalue weighted by molar-refractivity contribution is -0.144. The molecule has 0 saturated carbocycles. The third-order valence-electron chi connectivity index (χ3n) is 2.73. The molecule has 0 amide bonds. The van der Waals surface area contributed by atoms with Gasteiger partial charge in [-0.3, -0.25) is 0 Å². The number of nitrogens with zero attached hydrogens (tertiary/aromatic N) is 3. The molecule has 0 atom stereocenters. The third-order valence-corrected chi connectivity index (χ3v) is 3.04. The minimum Gasteiger partial charge on any atom is -0.357 e. The van der Waals surface area contributed by atoms with Crippen molar-refractivity contribution < 1.29 is 13.2 Å². The maximum atomic E-state index is 12.7. The molecule has 0 spiro atoms. The molecular formula is C12H12ClF3N4. The molecule has 0 saturated heterocycles. The molecule has 0 fully saturated rings. The number of benzene rings is 1. The van der Waals surface area contributed by atoms with Crippen LogP contribution < -0.4 is 5.32 Å². The van der Waals surface area contributed by atoms with Gasteiger partial charge in [0.1, 0.15) is 0 Å². The highest BCUT2D eigenvalue weighted by Gasteiger charge is 2.37. The van der Waals surface area contributed by atoms with E-state index >= 15 is 0 Å². The van der Waals surface area contributed by atoms with Crippen molar-refractivity contribution in [2.75, 3.05) is 12.4 Å². The summed E-state index contributed by atoms with van der Waals surface area (Å²) in [5.41, 5.74) is 1.33. The van der Waals surface area contributed by atoms with Crippen LogP contribution in [-0.2, 0) is 12.6 Å². The fourth-order valence-corrected chi connectivity index (χ4v) is 1.99. The van der Waals surface area contributed by atoms with Crippen molar-refractivity contribution in [3.63, 3.8) is 0 Å². The number of anilines is 1. The quantitative estimate of drug-likeness (QED) is 0.943. The first-order valence-electron chi connectivity index (χ1n) is 5.87. The molecule has 1 heterocycles.